The van der Waals surface area contributed by atoms with Crippen LogP contribution in [0.15, 0.2) is 30.3 Å². The molecular formula is C25H29F3N4O3. The van der Waals surface area contributed by atoms with Crippen LogP contribution in [0.1, 0.15) is 42.1 Å². The molecule has 10 heteroatoms. The first-order valence-electron chi connectivity index (χ1n) is 11.7. The number of rotatable bonds is 6. The fraction of sp³-hybridized carbons (Fsp3) is 0.440. The van der Waals surface area contributed by atoms with E-state index >= 15 is 0 Å². The topological polar surface area (TPSA) is 84.9 Å². The van der Waals surface area contributed by atoms with E-state index in [0.29, 0.717) is 38.0 Å². The van der Waals surface area contributed by atoms with Crippen LogP contribution in [0.2, 0.25) is 0 Å². The Morgan fingerprint density at radius 1 is 1.11 bits per heavy atom. The van der Waals surface area contributed by atoms with Gasteiger partial charge in [0.1, 0.15) is 17.5 Å². The standard InChI is InChI=1S/C25H29F3N4O3/c1-2-32-22-4-3-17(26)12-18(22)23(34)14-25(32)5-8-31(9-6-25)24(35)30-15-16-11-21(29-7-10-33)20(28)13-19(16)27/h3-4,11-13,29,33H,2,5-10,14-15H2,1H3,(H,30,35). The van der Waals surface area contributed by atoms with Crippen molar-refractivity contribution in [3.63, 3.8) is 0 Å². The van der Waals surface area contributed by atoms with E-state index in [-0.39, 0.29) is 49.2 Å². The Kier molecular flexibility index (Phi) is 7.20. The van der Waals surface area contributed by atoms with E-state index < -0.39 is 23.0 Å². The van der Waals surface area contributed by atoms with E-state index in [0.717, 1.165) is 11.8 Å². The Hall–Kier alpha value is -3.27. The largest absolute Gasteiger partial charge is 0.395 e. The molecule has 2 heterocycles. The number of urea groups is 1. The van der Waals surface area contributed by atoms with Gasteiger partial charge in [-0.25, -0.2) is 18.0 Å². The Labute approximate surface area is 201 Å². The number of carbonyl (C=O) groups is 2. The quantitative estimate of drug-likeness (QED) is 0.576. The van der Waals surface area contributed by atoms with Crippen molar-refractivity contribution in [2.75, 3.05) is 43.0 Å². The molecule has 2 aliphatic rings. The number of likely N-dealkylation sites (tertiary alicyclic amines) is 1. The molecule has 2 aliphatic heterocycles. The van der Waals surface area contributed by atoms with E-state index in [2.05, 4.69) is 15.5 Å². The molecule has 0 aliphatic carbocycles. The van der Waals surface area contributed by atoms with Crippen LogP contribution in [0.5, 0.6) is 0 Å². The summed E-state index contributed by atoms with van der Waals surface area (Å²) in [6, 6.07) is 5.94. The van der Waals surface area contributed by atoms with E-state index in [1.807, 2.05) is 6.92 Å². The van der Waals surface area contributed by atoms with Crippen LogP contribution < -0.4 is 15.5 Å². The van der Waals surface area contributed by atoms with Crippen LogP contribution >= 0.6 is 0 Å². The van der Waals surface area contributed by atoms with Gasteiger partial charge in [0, 0.05) is 62.0 Å². The summed E-state index contributed by atoms with van der Waals surface area (Å²) >= 11 is 0. The lowest BCUT2D eigenvalue weighted by Gasteiger charge is -2.52. The maximum atomic E-state index is 14.2. The van der Waals surface area contributed by atoms with Crippen molar-refractivity contribution in [3.8, 4) is 0 Å². The van der Waals surface area contributed by atoms with Crippen molar-refractivity contribution >= 4 is 23.2 Å². The molecule has 3 N–H and O–H groups in total. The highest BCUT2D eigenvalue weighted by molar-refractivity contribution is 6.04. The number of piperidine rings is 1. The number of halogens is 3. The van der Waals surface area contributed by atoms with E-state index in [1.54, 1.807) is 11.0 Å². The van der Waals surface area contributed by atoms with Crippen molar-refractivity contribution < 1.29 is 27.9 Å². The van der Waals surface area contributed by atoms with Crippen molar-refractivity contribution in [2.24, 2.45) is 0 Å². The number of hydrogen-bond acceptors (Lipinski definition) is 5. The molecule has 0 radical (unpaired) electrons. The fourth-order valence-electron chi connectivity index (χ4n) is 5.13. The maximum Gasteiger partial charge on any atom is 0.317 e. The zero-order chi connectivity index (χ0) is 25.2. The number of fused-ring (bicyclic) bond motifs is 1. The Morgan fingerprint density at radius 2 is 1.86 bits per heavy atom. The molecule has 0 unspecified atom stereocenters. The van der Waals surface area contributed by atoms with Gasteiger partial charge in [0.05, 0.1) is 17.8 Å². The zero-order valence-corrected chi connectivity index (χ0v) is 19.5. The smallest absolute Gasteiger partial charge is 0.317 e. The molecule has 0 bridgehead atoms. The molecule has 0 saturated carbocycles. The number of benzene rings is 2. The number of hydrogen-bond donors (Lipinski definition) is 3. The van der Waals surface area contributed by atoms with E-state index in [1.165, 1.54) is 18.2 Å². The first-order chi connectivity index (χ1) is 16.8. The number of carbonyl (C=O) groups excluding carboxylic acids is 2. The number of anilines is 2. The van der Waals surface area contributed by atoms with Gasteiger partial charge < -0.3 is 25.5 Å². The number of aliphatic hydroxyl groups is 1. The Balaban J connectivity index is 1.40. The lowest BCUT2D eigenvalue weighted by Crippen LogP contribution is -2.60. The number of Topliss-reactive ketones (excluding diaryl/α,β-unsaturated/α-hetero) is 1. The van der Waals surface area contributed by atoms with Crippen LogP contribution in [-0.2, 0) is 6.54 Å². The van der Waals surface area contributed by atoms with Gasteiger partial charge >= 0.3 is 6.03 Å². The number of nitrogens with one attached hydrogen (secondary N) is 2. The predicted molar refractivity (Wildman–Crippen MR) is 126 cm³/mol. The van der Waals surface area contributed by atoms with Gasteiger partial charge in [0.15, 0.2) is 5.78 Å². The summed E-state index contributed by atoms with van der Waals surface area (Å²) in [5, 5.41) is 14.3. The first kappa shape index (κ1) is 24.8. The molecule has 4 rings (SSSR count). The van der Waals surface area contributed by atoms with Crippen molar-refractivity contribution in [1.82, 2.24) is 10.2 Å². The molecule has 35 heavy (non-hydrogen) atoms. The van der Waals surface area contributed by atoms with Crippen LogP contribution in [0.4, 0.5) is 29.3 Å². The molecule has 2 amide bonds. The van der Waals surface area contributed by atoms with Gasteiger partial charge in [0.25, 0.3) is 0 Å². The van der Waals surface area contributed by atoms with Gasteiger partial charge in [-0.3, -0.25) is 4.79 Å². The summed E-state index contributed by atoms with van der Waals surface area (Å²) in [7, 11) is 0. The van der Waals surface area contributed by atoms with Crippen molar-refractivity contribution in [3.05, 3.63) is 58.9 Å². The average Bonchev–Trinajstić information content (AvgIpc) is 2.84. The third kappa shape index (κ3) is 4.93. The molecule has 2 aromatic rings. The van der Waals surface area contributed by atoms with Crippen molar-refractivity contribution in [2.45, 2.75) is 38.3 Å². The van der Waals surface area contributed by atoms with E-state index in [4.69, 9.17) is 5.11 Å². The number of aliphatic hydroxyl groups excluding tert-OH is 1. The minimum absolute atomic E-state index is 0.0476. The number of amides is 2. The highest BCUT2D eigenvalue weighted by Crippen LogP contribution is 2.42. The number of ketones is 1. The molecule has 2 aromatic carbocycles. The molecule has 1 saturated heterocycles. The predicted octanol–water partition coefficient (Wildman–Crippen LogP) is 3.67. The third-order valence-electron chi connectivity index (χ3n) is 6.90. The molecule has 188 valence electrons. The van der Waals surface area contributed by atoms with Crippen LogP contribution in [-0.4, -0.2) is 60.1 Å². The SMILES string of the molecule is CCN1c2ccc(F)cc2C(=O)CC12CCN(C(=O)NCc1cc(NCCO)c(F)cc1F)CC2. The van der Waals surface area contributed by atoms with Crippen LogP contribution in [0, 0.1) is 17.5 Å². The molecule has 0 atom stereocenters. The molecule has 7 nitrogen and oxygen atoms in total. The summed E-state index contributed by atoms with van der Waals surface area (Å²) in [5.74, 6) is -2.09. The molecule has 1 spiro atoms. The van der Waals surface area contributed by atoms with Crippen molar-refractivity contribution in [1.29, 1.82) is 0 Å². The minimum Gasteiger partial charge on any atom is -0.395 e. The number of nitrogens with zero attached hydrogens (tertiary/aromatic N) is 2. The van der Waals surface area contributed by atoms with Gasteiger partial charge in [-0.1, -0.05) is 0 Å². The second kappa shape index (κ2) is 10.2. The maximum absolute atomic E-state index is 14.2. The van der Waals surface area contributed by atoms with Gasteiger partial charge in [-0.2, -0.15) is 0 Å². The Morgan fingerprint density at radius 3 is 2.54 bits per heavy atom. The summed E-state index contributed by atoms with van der Waals surface area (Å²) in [6.07, 6.45) is 1.39. The lowest BCUT2D eigenvalue weighted by atomic mass is 9.76. The summed E-state index contributed by atoms with van der Waals surface area (Å²) in [6.45, 7) is 3.23. The highest BCUT2D eigenvalue weighted by Gasteiger charge is 2.46. The minimum atomic E-state index is -0.779. The molecule has 1 fully saturated rings. The lowest BCUT2D eigenvalue weighted by molar-refractivity contribution is 0.0885. The highest BCUT2D eigenvalue weighted by atomic mass is 19.1. The molecular weight excluding hydrogens is 461 g/mol. The summed E-state index contributed by atoms with van der Waals surface area (Å²) in [4.78, 5) is 29.4. The van der Waals surface area contributed by atoms with Crippen LogP contribution in [0.3, 0.4) is 0 Å². The monoisotopic (exact) mass is 490 g/mol. The summed E-state index contributed by atoms with van der Waals surface area (Å²) in [5.41, 5.74) is 0.843. The van der Waals surface area contributed by atoms with Crippen LogP contribution in [0.25, 0.3) is 0 Å². The first-order valence-corrected chi connectivity index (χ1v) is 11.7. The Bertz CT molecular complexity index is 1120. The normalized spacial score (nSPS) is 16.9. The second-order valence-electron chi connectivity index (χ2n) is 8.95. The van der Waals surface area contributed by atoms with Gasteiger partial charge in [0.2, 0.25) is 0 Å². The van der Waals surface area contributed by atoms with Gasteiger partial charge in [-0.05, 0) is 44.0 Å². The zero-order valence-electron chi connectivity index (χ0n) is 19.5. The summed E-state index contributed by atoms with van der Waals surface area (Å²) < 4.78 is 41.8. The van der Waals surface area contributed by atoms with E-state index in [9.17, 15) is 22.8 Å². The third-order valence-corrected chi connectivity index (χ3v) is 6.90. The second-order valence-corrected chi connectivity index (χ2v) is 8.95. The fourth-order valence-corrected chi connectivity index (χ4v) is 5.13. The molecule has 0 aromatic heterocycles. The van der Waals surface area contributed by atoms with Gasteiger partial charge in [-0.15, -0.1) is 0 Å². The average molecular weight is 491 g/mol.